The second-order valence-corrected chi connectivity index (χ2v) is 11.6. The van der Waals surface area contributed by atoms with Crippen LogP contribution in [0.2, 0.25) is 0 Å². The van der Waals surface area contributed by atoms with Crippen LogP contribution in [0.5, 0.6) is 5.75 Å². The number of amides is 2. The van der Waals surface area contributed by atoms with Gasteiger partial charge in [-0.2, -0.15) is 4.31 Å². The minimum absolute atomic E-state index is 0.0253. The Morgan fingerprint density at radius 3 is 2.49 bits per heavy atom. The van der Waals surface area contributed by atoms with E-state index in [-0.39, 0.29) is 28.2 Å². The van der Waals surface area contributed by atoms with Gasteiger partial charge in [0.15, 0.2) is 0 Å². The average Bonchev–Trinajstić information content (AvgIpc) is 2.84. The topological polar surface area (TPSA) is 96.0 Å². The first-order chi connectivity index (χ1) is 16.7. The molecule has 0 radical (unpaired) electrons. The van der Waals surface area contributed by atoms with E-state index in [0.717, 1.165) is 19.3 Å². The number of nitrogens with zero attached hydrogens (tertiary/aromatic N) is 2. The Morgan fingerprint density at radius 2 is 1.80 bits per heavy atom. The van der Waals surface area contributed by atoms with Gasteiger partial charge in [0.1, 0.15) is 5.75 Å². The largest absolute Gasteiger partial charge is 0.495 e. The number of hydrogen-bond donors (Lipinski definition) is 1. The van der Waals surface area contributed by atoms with Crippen molar-refractivity contribution in [3.05, 3.63) is 48.0 Å². The van der Waals surface area contributed by atoms with E-state index in [0.29, 0.717) is 43.2 Å². The molecule has 0 bridgehead atoms. The van der Waals surface area contributed by atoms with Crippen molar-refractivity contribution in [1.29, 1.82) is 0 Å². The van der Waals surface area contributed by atoms with Crippen LogP contribution in [0, 0.1) is 11.8 Å². The first-order valence-corrected chi connectivity index (χ1v) is 13.5. The lowest BCUT2D eigenvalue weighted by Gasteiger charge is -2.34. The average molecular weight is 500 g/mol. The molecule has 0 aromatic heterocycles. The number of benzene rings is 2. The van der Waals surface area contributed by atoms with Crippen LogP contribution in [-0.4, -0.2) is 51.3 Å². The van der Waals surface area contributed by atoms with Gasteiger partial charge in [0.2, 0.25) is 15.9 Å². The molecule has 9 heteroatoms. The lowest BCUT2D eigenvalue weighted by atomic mass is 9.94. The summed E-state index contributed by atoms with van der Waals surface area (Å²) >= 11 is 0. The molecule has 8 nitrogen and oxygen atoms in total. The minimum Gasteiger partial charge on any atom is -0.495 e. The highest BCUT2D eigenvalue weighted by molar-refractivity contribution is 7.89. The third-order valence-corrected chi connectivity index (χ3v) is 8.45. The van der Waals surface area contributed by atoms with E-state index in [9.17, 15) is 18.0 Å². The standard InChI is InChI=1S/C26H33N3O5S/c1-18-13-19(2)17-28(16-18)35(32,33)22-8-6-7-20(14-22)26(31)27-21-10-11-24(34-3)23(15-21)29-12-5-4-9-25(29)30/h6-8,10-11,14-15,18-19H,4-5,9,12-13,16-17H2,1-3H3,(H,27,31). The maximum atomic E-state index is 13.3. The van der Waals surface area contributed by atoms with Crippen LogP contribution in [0.25, 0.3) is 0 Å². The molecule has 0 aliphatic carbocycles. The Bertz CT molecular complexity index is 1200. The van der Waals surface area contributed by atoms with Crippen LogP contribution in [0.1, 0.15) is 49.9 Å². The Labute approximate surface area is 207 Å². The Morgan fingerprint density at radius 1 is 1.06 bits per heavy atom. The van der Waals surface area contributed by atoms with Crippen LogP contribution in [-0.2, 0) is 14.8 Å². The van der Waals surface area contributed by atoms with Crippen molar-refractivity contribution in [1.82, 2.24) is 4.31 Å². The van der Waals surface area contributed by atoms with Crippen molar-refractivity contribution < 1.29 is 22.7 Å². The molecule has 2 heterocycles. The summed E-state index contributed by atoms with van der Waals surface area (Å²) < 4.78 is 33.5. The first kappa shape index (κ1) is 25.2. The molecule has 2 aliphatic rings. The van der Waals surface area contributed by atoms with Crippen LogP contribution in [0.4, 0.5) is 11.4 Å². The SMILES string of the molecule is COc1ccc(NC(=O)c2cccc(S(=O)(=O)N3CC(C)CC(C)C3)c2)cc1N1CCCCC1=O. The van der Waals surface area contributed by atoms with E-state index < -0.39 is 15.9 Å². The predicted molar refractivity (Wildman–Crippen MR) is 135 cm³/mol. The first-order valence-electron chi connectivity index (χ1n) is 12.1. The number of rotatable bonds is 6. The number of anilines is 2. The fourth-order valence-corrected chi connectivity index (χ4v) is 6.72. The van der Waals surface area contributed by atoms with Crippen molar-refractivity contribution in [3.8, 4) is 5.75 Å². The summed E-state index contributed by atoms with van der Waals surface area (Å²) in [7, 11) is -2.16. The minimum atomic E-state index is -3.70. The fraction of sp³-hybridized carbons (Fsp3) is 0.462. The van der Waals surface area contributed by atoms with Crippen molar-refractivity contribution in [3.63, 3.8) is 0 Å². The molecule has 0 saturated carbocycles. The zero-order valence-electron chi connectivity index (χ0n) is 20.5. The van der Waals surface area contributed by atoms with Crippen molar-refractivity contribution in [2.75, 3.05) is 37.0 Å². The number of sulfonamides is 1. The zero-order valence-corrected chi connectivity index (χ0v) is 21.3. The number of carbonyl (C=O) groups is 2. The molecule has 188 valence electrons. The van der Waals surface area contributed by atoms with Crippen LogP contribution in [0.3, 0.4) is 0 Å². The number of hydrogen-bond acceptors (Lipinski definition) is 5. The van der Waals surface area contributed by atoms with E-state index in [1.807, 2.05) is 0 Å². The molecule has 2 saturated heterocycles. The smallest absolute Gasteiger partial charge is 0.255 e. The molecule has 2 aromatic carbocycles. The van der Waals surface area contributed by atoms with Gasteiger partial charge in [-0.3, -0.25) is 9.59 Å². The van der Waals surface area contributed by atoms with E-state index in [1.54, 1.807) is 42.3 Å². The third-order valence-electron chi connectivity index (χ3n) is 6.62. The van der Waals surface area contributed by atoms with Gasteiger partial charge in [0.25, 0.3) is 5.91 Å². The molecule has 2 atom stereocenters. The lowest BCUT2D eigenvalue weighted by Crippen LogP contribution is -2.42. The molecule has 0 spiro atoms. The summed E-state index contributed by atoms with van der Waals surface area (Å²) in [4.78, 5) is 27.3. The van der Waals surface area contributed by atoms with E-state index in [4.69, 9.17) is 4.74 Å². The highest BCUT2D eigenvalue weighted by Crippen LogP contribution is 2.34. The lowest BCUT2D eigenvalue weighted by molar-refractivity contribution is -0.119. The molecule has 2 amide bonds. The van der Waals surface area contributed by atoms with Gasteiger partial charge in [-0.1, -0.05) is 19.9 Å². The second kappa shape index (κ2) is 10.4. The van der Waals surface area contributed by atoms with E-state index in [1.165, 1.54) is 16.4 Å². The summed E-state index contributed by atoms with van der Waals surface area (Å²) in [6.07, 6.45) is 3.25. The van der Waals surface area contributed by atoms with Gasteiger partial charge >= 0.3 is 0 Å². The van der Waals surface area contributed by atoms with Gasteiger partial charge in [-0.15, -0.1) is 0 Å². The molecule has 2 unspecified atom stereocenters. The summed E-state index contributed by atoms with van der Waals surface area (Å²) in [6, 6.07) is 11.3. The Kier molecular flexibility index (Phi) is 7.47. The number of nitrogens with one attached hydrogen (secondary N) is 1. The number of ether oxygens (including phenoxy) is 1. The molecular formula is C26H33N3O5S. The monoisotopic (exact) mass is 499 g/mol. The number of piperidine rings is 2. The molecule has 4 rings (SSSR count). The van der Waals surface area contributed by atoms with Crippen molar-refractivity contribution in [2.24, 2.45) is 11.8 Å². The highest BCUT2D eigenvalue weighted by atomic mass is 32.2. The van der Waals surface area contributed by atoms with Crippen LogP contribution < -0.4 is 15.0 Å². The van der Waals surface area contributed by atoms with Crippen molar-refractivity contribution in [2.45, 2.75) is 44.4 Å². The summed E-state index contributed by atoms with van der Waals surface area (Å²) in [5.41, 5.74) is 1.35. The number of carbonyl (C=O) groups excluding carboxylic acids is 2. The maximum Gasteiger partial charge on any atom is 0.255 e. The molecule has 35 heavy (non-hydrogen) atoms. The summed E-state index contributed by atoms with van der Waals surface area (Å²) in [5.74, 6) is 0.726. The van der Waals surface area contributed by atoms with Crippen molar-refractivity contribution >= 4 is 33.2 Å². The molecule has 2 aromatic rings. The van der Waals surface area contributed by atoms with Crippen LogP contribution >= 0.6 is 0 Å². The highest BCUT2D eigenvalue weighted by Gasteiger charge is 2.32. The van der Waals surface area contributed by atoms with Gasteiger partial charge < -0.3 is 15.0 Å². The Balaban J connectivity index is 1.56. The van der Waals surface area contributed by atoms with Gasteiger partial charge in [0, 0.05) is 37.3 Å². The molecule has 1 N–H and O–H groups in total. The van der Waals surface area contributed by atoms with Gasteiger partial charge in [-0.05, 0) is 67.5 Å². The second-order valence-electron chi connectivity index (χ2n) is 9.64. The third kappa shape index (κ3) is 5.51. The van der Waals surface area contributed by atoms with Gasteiger partial charge in [0.05, 0.1) is 17.7 Å². The summed E-state index contributed by atoms with van der Waals surface area (Å²) in [5, 5.41) is 2.84. The van der Waals surface area contributed by atoms with Crippen LogP contribution in [0.15, 0.2) is 47.4 Å². The molecule has 2 aliphatic heterocycles. The quantitative estimate of drug-likeness (QED) is 0.645. The normalized spacial score (nSPS) is 21.6. The zero-order chi connectivity index (χ0) is 25.2. The van der Waals surface area contributed by atoms with E-state index in [2.05, 4.69) is 19.2 Å². The Hall–Kier alpha value is -2.91. The molecular weight excluding hydrogens is 466 g/mol. The predicted octanol–water partition coefficient (Wildman–Crippen LogP) is 4.13. The summed E-state index contributed by atoms with van der Waals surface area (Å²) in [6.45, 7) is 5.67. The van der Waals surface area contributed by atoms with E-state index >= 15 is 0 Å². The molecule has 2 fully saturated rings. The van der Waals surface area contributed by atoms with Gasteiger partial charge in [-0.25, -0.2) is 8.42 Å². The fourth-order valence-electron chi connectivity index (χ4n) is 4.99. The maximum absolute atomic E-state index is 13.3. The number of methoxy groups -OCH3 is 1.